The van der Waals surface area contributed by atoms with Crippen molar-refractivity contribution in [1.82, 2.24) is 0 Å². The summed E-state index contributed by atoms with van der Waals surface area (Å²) in [6, 6.07) is 0. The Labute approximate surface area is 480 Å². The zero-order valence-corrected chi connectivity index (χ0v) is 50.4. The molecule has 0 amide bonds. The first-order valence-electron chi connectivity index (χ1n) is 31.8. The van der Waals surface area contributed by atoms with Crippen LogP contribution < -0.4 is 0 Å². The largest absolute Gasteiger partial charge is 0.462 e. The molecule has 0 aliphatic carbocycles. The Morgan fingerprint density at radius 2 is 0.500 bits per heavy atom. The van der Waals surface area contributed by atoms with Crippen LogP contribution in [0.4, 0.5) is 0 Å². The van der Waals surface area contributed by atoms with E-state index in [0.29, 0.717) is 19.3 Å². The van der Waals surface area contributed by atoms with Crippen LogP contribution in [0.25, 0.3) is 0 Å². The number of esters is 3. The Morgan fingerprint density at radius 3 is 0.795 bits per heavy atom. The number of ether oxygens (including phenoxy) is 3. The number of hydrogen-bond donors (Lipinski definition) is 0. The lowest BCUT2D eigenvalue weighted by Gasteiger charge is -2.18. The SMILES string of the molecule is CC/C=C\C/C=C\C/C=C\C/C=C\C/C=C\C/C=C\CCCCCCCCC(=O)OCC(COC(=O)CCCCCCC/C=C\CCCCCCC)OC(=O)CCCCCCC/C=C\C/C=C\C/C=C\C/C=C\C/C=C\CC. The third-order valence-electron chi connectivity index (χ3n) is 13.1. The molecular weight excluding hydrogens is 961 g/mol. The van der Waals surface area contributed by atoms with Crippen molar-refractivity contribution in [3.05, 3.63) is 146 Å². The molecule has 0 aromatic carbocycles. The summed E-state index contributed by atoms with van der Waals surface area (Å²) in [6.07, 6.45) is 92.7. The molecule has 0 radical (unpaired) electrons. The van der Waals surface area contributed by atoms with E-state index in [1.165, 1.54) is 57.8 Å². The van der Waals surface area contributed by atoms with Gasteiger partial charge in [0.2, 0.25) is 0 Å². The molecule has 6 heteroatoms. The van der Waals surface area contributed by atoms with E-state index in [0.717, 1.165) is 173 Å². The standard InChI is InChI=1S/C72H116O6/c1-4-7-10-13-16-19-22-25-28-30-32-34-35-36-37-39-40-42-44-47-50-53-56-59-62-65-71(74)77-68-69(67-76-70(73)64-61-58-55-52-49-46-27-24-21-18-15-12-9-6-3)78-72(75)66-63-60-57-54-51-48-45-43-41-38-33-31-29-26-23-20-17-14-11-8-5-2/h7-8,10-11,16-17,19-20,24-29,32-34,36-38,40,42-43,45,69H,4-6,9,12-15,18,21-23,30-31,35,39,41,44,46-68H2,1-3H3/b10-7-,11-8-,19-16-,20-17-,27-24-,28-25-,29-26-,34-32-,37-36-,38-33-,42-40-,45-43-. The van der Waals surface area contributed by atoms with Crippen LogP contribution in [0, 0.1) is 0 Å². The lowest BCUT2D eigenvalue weighted by Crippen LogP contribution is -2.30. The summed E-state index contributed by atoms with van der Waals surface area (Å²) in [5.41, 5.74) is 0. The van der Waals surface area contributed by atoms with Gasteiger partial charge in [0.05, 0.1) is 0 Å². The highest BCUT2D eigenvalue weighted by Gasteiger charge is 2.19. The molecule has 0 bridgehead atoms. The number of allylic oxidation sites excluding steroid dienone is 24. The minimum atomic E-state index is -0.806. The quantitative estimate of drug-likeness (QED) is 0.0261. The Kier molecular flexibility index (Phi) is 60.9. The molecule has 0 aromatic rings. The second kappa shape index (κ2) is 64.8. The fraction of sp³-hybridized carbons (Fsp3) is 0.625. The minimum absolute atomic E-state index is 0.100. The first-order valence-corrected chi connectivity index (χ1v) is 31.8. The third-order valence-corrected chi connectivity index (χ3v) is 13.1. The number of rotatable bonds is 56. The lowest BCUT2D eigenvalue weighted by atomic mass is 10.1. The number of carbonyl (C=O) groups excluding carboxylic acids is 3. The van der Waals surface area contributed by atoms with Crippen molar-refractivity contribution in [2.24, 2.45) is 0 Å². The zero-order valence-electron chi connectivity index (χ0n) is 50.4. The number of hydrogen-bond acceptors (Lipinski definition) is 6. The van der Waals surface area contributed by atoms with Crippen LogP contribution in [0.5, 0.6) is 0 Å². The summed E-state index contributed by atoms with van der Waals surface area (Å²) in [6.45, 7) is 6.37. The molecule has 0 saturated carbocycles. The normalized spacial score (nSPS) is 13.1. The Morgan fingerprint density at radius 1 is 0.269 bits per heavy atom. The summed E-state index contributed by atoms with van der Waals surface area (Å²) in [5, 5.41) is 0. The van der Waals surface area contributed by atoms with Gasteiger partial charge in [0.15, 0.2) is 6.10 Å². The third kappa shape index (κ3) is 62.1. The summed E-state index contributed by atoms with van der Waals surface area (Å²) in [7, 11) is 0. The predicted molar refractivity (Wildman–Crippen MR) is 339 cm³/mol. The van der Waals surface area contributed by atoms with E-state index in [1.54, 1.807) is 0 Å². The van der Waals surface area contributed by atoms with E-state index in [4.69, 9.17) is 14.2 Å². The van der Waals surface area contributed by atoms with E-state index < -0.39 is 6.10 Å². The van der Waals surface area contributed by atoms with Gasteiger partial charge in [-0.05, 0) is 141 Å². The van der Waals surface area contributed by atoms with Crippen LogP contribution in [-0.2, 0) is 28.6 Å². The molecule has 0 aliphatic rings. The molecule has 0 spiro atoms. The van der Waals surface area contributed by atoms with Gasteiger partial charge in [-0.3, -0.25) is 14.4 Å². The smallest absolute Gasteiger partial charge is 0.306 e. The lowest BCUT2D eigenvalue weighted by molar-refractivity contribution is -0.167. The maximum Gasteiger partial charge on any atom is 0.306 e. The zero-order chi connectivity index (χ0) is 56.4. The van der Waals surface area contributed by atoms with Crippen LogP contribution in [0.1, 0.15) is 271 Å². The average Bonchev–Trinajstić information content (AvgIpc) is 3.44. The van der Waals surface area contributed by atoms with Gasteiger partial charge in [0.1, 0.15) is 13.2 Å². The van der Waals surface area contributed by atoms with E-state index in [1.807, 2.05) is 0 Å². The molecular formula is C72H116O6. The van der Waals surface area contributed by atoms with Gasteiger partial charge in [-0.1, -0.05) is 256 Å². The van der Waals surface area contributed by atoms with Crippen LogP contribution in [-0.4, -0.2) is 37.2 Å². The second-order valence-electron chi connectivity index (χ2n) is 20.5. The van der Waals surface area contributed by atoms with E-state index in [2.05, 4.69) is 167 Å². The van der Waals surface area contributed by atoms with Gasteiger partial charge >= 0.3 is 17.9 Å². The second-order valence-corrected chi connectivity index (χ2v) is 20.5. The van der Waals surface area contributed by atoms with Gasteiger partial charge in [-0.15, -0.1) is 0 Å². The highest BCUT2D eigenvalue weighted by Crippen LogP contribution is 2.14. The Balaban J connectivity index is 4.46. The first-order chi connectivity index (χ1) is 38.5. The first kappa shape index (κ1) is 73.3. The summed E-state index contributed by atoms with van der Waals surface area (Å²) < 4.78 is 16.9. The van der Waals surface area contributed by atoms with Gasteiger partial charge in [0, 0.05) is 19.3 Å². The maximum atomic E-state index is 12.9. The molecule has 0 saturated heterocycles. The van der Waals surface area contributed by atoms with Crippen LogP contribution >= 0.6 is 0 Å². The van der Waals surface area contributed by atoms with E-state index >= 15 is 0 Å². The molecule has 6 nitrogen and oxygen atoms in total. The van der Waals surface area contributed by atoms with Crippen molar-refractivity contribution in [3.63, 3.8) is 0 Å². The molecule has 0 heterocycles. The molecule has 0 aliphatic heterocycles. The Hall–Kier alpha value is -4.71. The van der Waals surface area contributed by atoms with Crippen LogP contribution in [0.2, 0.25) is 0 Å². The average molecular weight is 1080 g/mol. The molecule has 0 rings (SSSR count). The van der Waals surface area contributed by atoms with Gasteiger partial charge in [0.25, 0.3) is 0 Å². The molecule has 0 aromatic heterocycles. The molecule has 1 atom stereocenters. The van der Waals surface area contributed by atoms with Crippen LogP contribution in [0.15, 0.2) is 146 Å². The number of carbonyl (C=O) groups is 3. The van der Waals surface area contributed by atoms with E-state index in [-0.39, 0.29) is 31.1 Å². The van der Waals surface area contributed by atoms with Crippen molar-refractivity contribution in [3.8, 4) is 0 Å². The van der Waals surface area contributed by atoms with Gasteiger partial charge in [-0.25, -0.2) is 0 Å². The highest BCUT2D eigenvalue weighted by atomic mass is 16.6. The number of unbranched alkanes of at least 4 members (excludes halogenated alkanes) is 21. The fourth-order valence-electron chi connectivity index (χ4n) is 8.35. The van der Waals surface area contributed by atoms with Crippen molar-refractivity contribution in [1.29, 1.82) is 0 Å². The predicted octanol–water partition coefficient (Wildman–Crippen LogP) is 21.9. The van der Waals surface area contributed by atoms with E-state index in [9.17, 15) is 14.4 Å². The van der Waals surface area contributed by atoms with Crippen molar-refractivity contribution < 1.29 is 28.6 Å². The molecule has 1 unspecified atom stereocenters. The summed E-state index contributed by atoms with van der Waals surface area (Å²) in [5.74, 6) is -0.942. The van der Waals surface area contributed by atoms with Crippen molar-refractivity contribution in [2.75, 3.05) is 13.2 Å². The minimum Gasteiger partial charge on any atom is -0.462 e. The Bertz CT molecular complexity index is 1710. The van der Waals surface area contributed by atoms with Gasteiger partial charge < -0.3 is 14.2 Å². The van der Waals surface area contributed by atoms with Crippen molar-refractivity contribution >= 4 is 17.9 Å². The summed E-state index contributed by atoms with van der Waals surface area (Å²) in [4.78, 5) is 38.3. The van der Waals surface area contributed by atoms with Crippen LogP contribution in [0.3, 0.4) is 0 Å². The fourth-order valence-corrected chi connectivity index (χ4v) is 8.35. The topological polar surface area (TPSA) is 78.9 Å². The highest BCUT2D eigenvalue weighted by molar-refractivity contribution is 5.71. The monoisotopic (exact) mass is 1080 g/mol. The maximum absolute atomic E-state index is 12.9. The molecule has 440 valence electrons. The molecule has 78 heavy (non-hydrogen) atoms. The van der Waals surface area contributed by atoms with Crippen molar-refractivity contribution in [2.45, 2.75) is 277 Å². The molecule has 0 N–H and O–H groups in total. The van der Waals surface area contributed by atoms with Gasteiger partial charge in [-0.2, -0.15) is 0 Å². The molecule has 0 fully saturated rings. The summed E-state index contributed by atoms with van der Waals surface area (Å²) >= 11 is 0.